The molecule has 6 nitrogen and oxygen atoms in total. The number of benzene rings is 2. The van der Waals surface area contributed by atoms with Crippen LogP contribution in [0.3, 0.4) is 0 Å². The van der Waals surface area contributed by atoms with E-state index < -0.39 is 23.7 Å². The number of halogens is 6. The highest BCUT2D eigenvalue weighted by molar-refractivity contribution is 6.45. The molecule has 0 spiro atoms. The number of carbonyl (C=O) groups excluding carboxylic acids is 1. The van der Waals surface area contributed by atoms with E-state index in [1.807, 2.05) is 0 Å². The zero-order valence-corrected chi connectivity index (χ0v) is 19.6. The number of hydrogen-bond acceptors (Lipinski definition) is 5. The number of rotatable bonds is 9. The van der Waals surface area contributed by atoms with Gasteiger partial charge in [0.2, 0.25) is 0 Å². The topological polar surface area (TPSA) is 69.2 Å². The Morgan fingerprint density at radius 1 is 1.15 bits per heavy atom. The van der Waals surface area contributed by atoms with E-state index in [0.717, 1.165) is 0 Å². The van der Waals surface area contributed by atoms with Crippen LogP contribution in [0.5, 0.6) is 11.5 Å². The molecular weight excluding hydrogens is 508 g/mol. The number of allylic oxidation sites excluding steroid dienone is 1. The molecule has 0 heterocycles. The second-order valence-corrected chi connectivity index (χ2v) is 7.45. The molecule has 33 heavy (non-hydrogen) atoms. The van der Waals surface area contributed by atoms with E-state index in [1.54, 1.807) is 24.3 Å². The van der Waals surface area contributed by atoms with Gasteiger partial charge in [-0.2, -0.15) is 13.2 Å². The molecule has 0 aromatic heterocycles. The van der Waals surface area contributed by atoms with Crippen molar-refractivity contribution in [1.82, 2.24) is 5.32 Å². The van der Waals surface area contributed by atoms with Gasteiger partial charge in [0.25, 0.3) is 5.91 Å². The normalized spacial score (nSPS) is 12.4. The van der Waals surface area contributed by atoms with Gasteiger partial charge in [0.15, 0.2) is 11.5 Å². The number of carbonyl (C=O) groups is 1. The van der Waals surface area contributed by atoms with Crippen molar-refractivity contribution in [3.8, 4) is 11.5 Å². The summed E-state index contributed by atoms with van der Waals surface area (Å²) in [5, 5.41) is 5.00. The first-order valence-corrected chi connectivity index (χ1v) is 10.3. The molecule has 0 aliphatic carbocycles. The van der Waals surface area contributed by atoms with Gasteiger partial charge in [0.1, 0.15) is 31.1 Å². The molecule has 12 heteroatoms. The van der Waals surface area contributed by atoms with Gasteiger partial charge in [0.05, 0.1) is 10.0 Å². The maximum Gasteiger partial charge on any atom is 0.426 e. The predicted molar refractivity (Wildman–Crippen MR) is 120 cm³/mol. The molecule has 0 aliphatic heterocycles. The summed E-state index contributed by atoms with van der Waals surface area (Å²) >= 11 is 17.4. The monoisotopic (exact) mass is 524 g/mol. The minimum Gasteiger partial charge on any atom is -0.489 e. The van der Waals surface area contributed by atoms with Gasteiger partial charge in [0, 0.05) is 24.7 Å². The Balaban J connectivity index is 2.18. The summed E-state index contributed by atoms with van der Waals surface area (Å²) in [6, 6.07) is 9.69. The molecule has 2 aromatic rings. The van der Waals surface area contributed by atoms with Crippen molar-refractivity contribution in [2.45, 2.75) is 12.8 Å². The molecule has 1 N–H and O–H groups in total. The number of nitrogens with zero attached hydrogens (tertiary/aromatic N) is 1. The first kappa shape index (κ1) is 26.6. The van der Waals surface area contributed by atoms with Crippen LogP contribution < -0.4 is 14.8 Å². The average Bonchev–Trinajstić information content (AvgIpc) is 2.76. The number of alkyl halides is 3. The van der Waals surface area contributed by atoms with Gasteiger partial charge in [-0.25, -0.2) is 0 Å². The SMILES string of the molecule is CNC(=O)/C(=N\OC)c1ccccc1COc1cc(Cl)c(OC/C=C(\Cl)C(F)(F)F)c(Cl)c1. The van der Waals surface area contributed by atoms with E-state index in [-0.39, 0.29) is 33.9 Å². The van der Waals surface area contributed by atoms with Crippen LogP contribution in [-0.2, 0) is 16.2 Å². The third-order valence-corrected chi connectivity index (χ3v) is 4.95. The smallest absolute Gasteiger partial charge is 0.426 e. The summed E-state index contributed by atoms with van der Waals surface area (Å²) in [7, 11) is 2.79. The fraction of sp³-hybridized carbons (Fsp3) is 0.238. The van der Waals surface area contributed by atoms with E-state index in [9.17, 15) is 18.0 Å². The van der Waals surface area contributed by atoms with E-state index in [1.165, 1.54) is 26.3 Å². The van der Waals surface area contributed by atoms with Crippen molar-refractivity contribution in [2.24, 2.45) is 5.16 Å². The van der Waals surface area contributed by atoms with Crippen LogP contribution in [0.2, 0.25) is 10.0 Å². The van der Waals surface area contributed by atoms with E-state index >= 15 is 0 Å². The Hall–Kier alpha value is -2.62. The molecule has 2 aromatic carbocycles. The highest BCUT2D eigenvalue weighted by atomic mass is 35.5. The third-order valence-electron chi connectivity index (χ3n) is 4.02. The predicted octanol–water partition coefficient (Wildman–Crippen LogP) is 5.73. The Labute approximate surface area is 202 Å². The number of oxime groups is 1. The Morgan fingerprint density at radius 2 is 1.79 bits per heavy atom. The Kier molecular flexibility index (Phi) is 9.70. The van der Waals surface area contributed by atoms with Crippen LogP contribution in [0.4, 0.5) is 13.2 Å². The maximum absolute atomic E-state index is 12.4. The number of nitrogens with one attached hydrogen (secondary N) is 1. The van der Waals surface area contributed by atoms with Crippen molar-refractivity contribution >= 4 is 46.4 Å². The van der Waals surface area contributed by atoms with Crippen molar-refractivity contribution < 1.29 is 32.3 Å². The molecule has 0 saturated heterocycles. The van der Waals surface area contributed by atoms with Gasteiger partial charge in [-0.05, 0) is 11.6 Å². The molecule has 2 rings (SSSR count). The molecule has 0 unspecified atom stereocenters. The quantitative estimate of drug-likeness (QED) is 0.335. The zero-order valence-electron chi connectivity index (χ0n) is 17.3. The Morgan fingerprint density at radius 3 is 2.36 bits per heavy atom. The zero-order chi connectivity index (χ0) is 24.6. The molecule has 0 saturated carbocycles. The number of ether oxygens (including phenoxy) is 2. The van der Waals surface area contributed by atoms with Crippen LogP contribution in [0, 0.1) is 0 Å². The molecule has 1 amide bonds. The third kappa shape index (κ3) is 7.45. The van der Waals surface area contributed by atoms with Crippen LogP contribution >= 0.6 is 34.8 Å². The summed E-state index contributed by atoms with van der Waals surface area (Å²) in [5.41, 5.74) is 1.17. The van der Waals surface area contributed by atoms with Crippen molar-refractivity contribution in [3.63, 3.8) is 0 Å². The number of amides is 1. The lowest BCUT2D eigenvalue weighted by Crippen LogP contribution is -2.29. The summed E-state index contributed by atoms with van der Waals surface area (Å²) in [6.45, 7) is -0.473. The largest absolute Gasteiger partial charge is 0.489 e. The van der Waals surface area contributed by atoms with Gasteiger partial charge >= 0.3 is 6.18 Å². The second-order valence-electron chi connectivity index (χ2n) is 6.22. The van der Waals surface area contributed by atoms with Gasteiger partial charge in [-0.3, -0.25) is 4.79 Å². The molecule has 0 bridgehead atoms. The number of likely N-dealkylation sites (N-methyl/N-ethyl adjacent to an activating group) is 1. The summed E-state index contributed by atoms with van der Waals surface area (Å²) in [6.07, 6.45) is -4.01. The lowest BCUT2D eigenvalue weighted by molar-refractivity contribution is -0.114. The standard InChI is InChI=1S/C21H18Cl3F3N2O4/c1-28-20(30)18(29-31-2)14-6-4-3-5-12(14)11-33-13-9-15(22)19(16(23)10-13)32-8-7-17(24)21(25,26)27/h3-7,9-10H,8,11H2,1-2H3,(H,28,30)/b17-7-,29-18-. The van der Waals surface area contributed by atoms with Gasteiger partial charge in [-0.15, -0.1) is 0 Å². The highest BCUT2D eigenvalue weighted by Gasteiger charge is 2.32. The lowest BCUT2D eigenvalue weighted by atomic mass is 10.0. The lowest BCUT2D eigenvalue weighted by Gasteiger charge is -2.14. The molecule has 178 valence electrons. The highest BCUT2D eigenvalue weighted by Crippen LogP contribution is 2.37. The van der Waals surface area contributed by atoms with E-state index in [0.29, 0.717) is 17.2 Å². The van der Waals surface area contributed by atoms with Crippen LogP contribution in [0.1, 0.15) is 11.1 Å². The summed E-state index contributed by atoms with van der Waals surface area (Å²) < 4.78 is 48.3. The van der Waals surface area contributed by atoms with Crippen molar-refractivity contribution in [3.05, 3.63) is 68.7 Å². The molecule has 0 atom stereocenters. The van der Waals surface area contributed by atoms with Crippen molar-refractivity contribution in [1.29, 1.82) is 0 Å². The first-order chi connectivity index (χ1) is 15.6. The van der Waals surface area contributed by atoms with Gasteiger partial charge < -0.3 is 19.6 Å². The van der Waals surface area contributed by atoms with Gasteiger partial charge in [-0.1, -0.05) is 64.2 Å². The molecular formula is C21H18Cl3F3N2O4. The second kappa shape index (κ2) is 12.0. The van der Waals surface area contributed by atoms with E-state index in [4.69, 9.17) is 49.1 Å². The fourth-order valence-electron chi connectivity index (χ4n) is 2.53. The van der Waals surface area contributed by atoms with Crippen LogP contribution in [-0.4, -0.2) is 38.6 Å². The maximum atomic E-state index is 12.4. The minimum atomic E-state index is -4.67. The summed E-state index contributed by atoms with van der Waals surface area (Å²) in [4.78, 5) is 16.9. The molecule has 0 aliphatic rings. The molecule has 0 fully saturated rings. The number of hydrogen-bond donors (Lipinski definition) is 1. The van der Waals surface area contributed by atoms with E-state index in [2.05, 4.69) is 10.5 Å². The van der Waals surface area contributed by atoms with Crippen LogP contribution in [0.25, 0.3) is 0 Å². The fourth-order valence-corrected chi connectivity index (χ4v) is 3.17. The van der Waals surface area contributed by atoms with Crippen LogP contribution in [0.15, 0.2) is 52.7 Å². The average molecular weight is 526 g/mol. The van der Waals surface area contributed by atoms with Crippen molar-refractivity contribution in [2.75, 3.05) is 20.8 Å². The minimum absolute atomic E-state index is 0.0205. The summed E-state index contributed by atoms with van der Waals surface area (Å²) in [5.74, 6) is -0.208. The Bertz CT molecular complexity index is 1040. The first-order valence-electron chi connectivity index (χ1n) is 9.17. The molecule has 0 radical (unpaired) electrons.